The molecule has 3 atom stereocenters. The normalized spacial score (nSPS) is 26.8. The molecule has 1 aromatic rings. The second-order valence-corrected chi connectivity index (χ2v) is 7.89. The molecule has 0 radical (unpaired) electrons. The molecule has 1 aliphatic rings. The maximum Gasteiger partial charge on any atom is 0.341 e. The monoisotopic (exact) mass is 317 g/mol. The molecule has 3 nitrogen and oxygen atoms in total. The first-order chi connectivity index (χ1) is 9.80. The molecule has 0 heterocycles. The van der Waals surface area contributed by atoms with E-state index in [9.17, 15) is 17.2 Å². The summed E-state index contributed by atoms with van der Waals surface area (Å²) in [6, 6.07) is 5.93. The minimum Gasteiger partial charge on any atom is -0.382 e. The summed E-state index contributed by atoms with van der Waals surface area (Å²) in [6.45, 7) is 4.44. The van der Waals surface area contributed by atoms with Gasteiger partial charge in [0.1, 0.15) is 0 Å². The Hall–Kier alpha value is -1.17. The number of nitrogens with one attached hydrogen (secondary N) is 1. The SMILES string of the molecule is CC1CCC(Nc2ccc(S(=O)(=O)C(F)F)cc2)C(C)C1. The highest BCUT2D eigenvalue weighted by Crippen LogP contribution is 2.31. The van der Waals surface area contributed by atoms with Crippen LogP contribution in [0.3, 0.4) is 0 Å². The lowest BCUT2D eigenvalue weighted by Crippen LogP contribution is -2.32. The Morgan fingerprint density at radius 1 is 1.14 bits per heavy atom. The van der Waals surface area contributed by atoms with Gasteiger partial charge in [-0.15, -0.1) is 0 Å². The number of alkyl halides is 2. The van der Waals surface area contributed by atoms with Crippen molar-refractivity contribution < 1.29 is 17.2 Å². The average Bonchev–Trinajstić information content (AvgIpc) is 2.42. The molecular weight excluding hydrogens is 296 g/mol. The summed E-state index contributed by atoms with van der Waals surface area (Å²) >= 11 is 0. The second kappa shape index (κ2) is 6.30. The number of benzene rings is 1. The van der Waals surface area contributed by atoms with Crippen molar-refractivity contribution in [1.82, 2.24) is 0 Å². The zero-order valence-corrected chi connectivity index (χ0v) is 13.0. The molecular formula is C15H21F2NO2S. The quantitative estimate of drug-likeness (QED) is 0.915. The summed E-state index contributed by atoms with van der Waals surface area (Å²) in [6.07, 6.45) is 3.40. The fraction of sp³-hybridized carbons (Fsp3) is 0.600. The lowest BCUT2D eigenvalue weighted by Gasteiger charge is -2.33. The van der Waals surface area contributed by atoms with Crippen LogP contribution in [0.5, 0.6) is 0 Å². The lowest BCUT2D eigenvalue weighted by atomic mass is 9.80. The summed E-state index contributed by atoms with van der Waals surface area (Å²) in [4.78, 5) is -0.339. The van der Waals surface area contributed by atoms with Gasteiger partial charge in [0.15, 0.2) is 0 Å². The lowest BCUT2D eigenvalue weighted by molar-refractivity contribution is 0.234. The Kier molecular flexibility index (Phi) is 4.86. The Labute approximate surface area is 124 Å². The standard InChI is InChI=1S/C15H21F2NO2S/c1-10-3-8-14(11(2)9-10)18-12-4-6-13(7-5-12)21(19,20)15(16)17/h4-7,10-11,14-15,18H,3,8-9H2,1-2H3. The molecule has 6 heteroatoms. The minimum absolute atomic E-state index is 0.339. The smallest absolute Gasteiger partial charge is 0.341 e. The fourth-order valence-electron chi connectivity index (χ4n) is 2.94. The van der Waals surface area contributed by atoms with E-state index < -0.39 is 15.6 Å². The number of anilines is 1. The first-order valence-corrected chi connectivity index (χ1v) is 8.74. The fourth-order valence-corrected chi connectivity index (χ4v) is 3.66. The summed E-state index contributed by atoms with van der Waals surface area (Å²) < 4.78 is 47.6. The van der Waals surface area contributed by atoms with E-state index in [1.54, 1.807) is 12.1 Å². The molecule has 1 aliphatic carbocycles. The van der Waals surface area contributed by atoms with E-state index in [0.29, 0.717) is 12.0 Å². The van der Waals surface area contributed by atoms with Gasteiger partial charge in [-0.25, -0.2) is 8.42 Å². The highest BCUT2D eigenvalue weighted by Gasteiger charge is 2.27. The van der Waals surface area contributed by atoms with Gasteiger partial charge in [0, 0.05) is 11.7 Å². The van der Waals surface area contributed by atoms with Crippen LogP contribution in [0.4, 0.5) is 14.5 Å². The van der Waals surface area contributed by atoms with Crippen molar-refractivity contribution in [2.75, 3.05) is 5.32 Å². The molecule has 2 rings (SSSR count). The van der Waals surface area contributed by atoms with Crippen LogP contribution in [0, 0.1) is 11.8 Å². The summed E-state index contributed by atoms with van der Waals surface area (Å²) in [7, 11) is -4.51. The molecule has 0 spiro atoms. The predicted molar refractivity (Wildman–Crippen MR) is 79.2 cm³/mol. The second-order valence-electron chi connectivity index (χ2n) is 5.98. The minimum atomic E-state index is -4.51. The van der Waals surface area contributed by atoms with Gasteiger partial charge in [0.2, 0.25) is 9.84 Å². The van der Waals surface area contributed by atoms with Gasteiger partial charge in [-0.05, 0) is 55.4 Å². The summed E-state index contributed by atoms with van der Waals surface area (Å²) in [5.41, 5.74) is 0.773. The van der Waals surface area contributed by atoms with Crippen molar-refractivity contribution >= 4 is 15.5 Å². The zero-order valence-electron chi connectivity index (χ0n) is 12.2. The van der Waals surface area contributed by atoms with Crippen LogP contribution in [0.2, 0.25) is 0 Å². The molecule has 1 aromatic carbocycles. The Morgan fingerprint density at radius 2 is 1.76 bits per heavy atom. The van der Waals surface area contributed by atoms with Crippen LogP contribution in [-0.4, -0.2) is 20.2 Å². The van der Waals surface area contributed by atoms with E-state index in [4.69, 9.17) is 0 Å². The van der Waals surface area contributed by atoms with E-state index in [-0.39, 0.29) is 4.90 Å². The molecule has 1 saturated carbocycles. The van der Waals surface area contributed by atoms with Crippen molar-refractivity contribution in [2.45, 2.75) is 49.8 Å². The van der Waals surface area contributed by atoms with Crippen molar-refractivity contribution in [1.29, 1.82) is 0 Å². The third kappa shape index (κ3) is 3.73. The highest BCUT2D eigenvalue weighted by molar-refractivity contribution is 7.91. The third-order valence-electron chi connectivity index (χ3n) is 4.20. The Balaban J connectivity index is 2.06. The van der Waals surface area contributed by atoms with E-state index in [0.717, 1.165) is 24.4 Å². The Morgan fingerprint density at radius 3 is 2.29 bits per heavy atom. The molecule has 1 fully saturated rings. The van der Waals surface area contributed by atoms with Gasteiger partial charge in [-0.1, -0.05) is 13.8 Å². The number of halogens is 2. The molecule has 3 unspecified atom stereocenters. The maximum atomic E-state index is 12.5. The first-order valence-electron chi connectivity index (χ1n) is 7.19. The van der Waals surface area contributed by atoms with E-state index in [1.165, 1.54) is 18.6 Å². The number of rotatable bonds is 4. The zero-order chi connectivity index (χ0) is 15.6. The number of hydrogen-bond donors (Lipinski definition) is 1. The van der Waals surface area contributed by atoms with E-state index in [2.05, 4.69) is 19.2 Å². The summed E-state index contributed by atoms with van der Waals surface area (Å²) in [5.74, 6) is -2.11. The van der Waals surface area contributed by atoms with Crippen LogP contribution < -0.4 is 5.32 Å². The molecule has 0 aromatic heterocycles. The van der Waals surface area contributed by atoms with Gasteiger partial charge in [-0.2, -0.15) is 8.78 Å². The molecule has 1 N–H and O–H groups in total. The maximum absolute atomic E-state index is 12.5. The molecule has 0 bridgehead atoms. The van der Waals surface area contributed by atoms with Gasteiger partial charge >= 0.3 is 5.76 Å². The van der Waals surface area contributed by atoms with Crippen molar-refractivity contribution in [3.8, 4) is 0 Å². The molecule has 118 valence electrons. The molecule has 0 amide bonds. The topological polar surface area (TPSA) is 46.2 Å². The van der Waals surface area contributed by atoms with Crippen LogP contribution in [0.25, 0.3) is 0 Å². The highest BCUT2D eigenvalue weighted by atomic mass is 32.2. The molecule has 0 aliphatic heterocycles. The molecule has 0 saturated heterocycles. The van der Waals surface area contributed by atoms with E-state index in [1.807, 2.05) is 0 Å². The van der Waals surface area contributed by atoms with E-state index >= 15 is 0 Å². The van der Waals surface area contributed by atoms with Gasteiger partial charge in [0.05, 0.1) is 4.90 Å². The third-order valence-corrected chi connectivity index (χ3v) is 5.60. The van der Waals surface area contributed by atoms with Crippen LogP contribution in [0.1, 0.15) is 33.1 Å². The van der Waals surface area contributed by atoms with Gasteiger partial charge < -0.3 is 5.32 Å². The van der Waals surface area contributed by atoms with Crippen LogP contribution in [-0.2, 0) is 9.84 Å². The average molecular weight is 317 g/mol. The van der Waals surface area contributed by atoms with Crippen LogP contribution >= 0.6 is 0 Å². The van der Waals surface area contributed by atoms with Crippen molar-refractivity contribution in [3.63, 3.8) is 0 Å². The number of sulfone groups is 1. The van der Waals surface area contributed by atoms with Gasteiger partial charge in [-0.3, -0.25) is 0 Å². The predicted octanol–water partition coefficient (Wildman–Crippen LogP) is 3.92. The first kappa shape index (κ1) is 16.2. The number of hydrogen-bond acceptors (Lipinski definition) is 3. The van der Waals surface area contributed by atoms with Crippen molar-refractivity contribution in [2.24, 2.45) is 11.8 Å². The largest absolute Gasteiger partial charge is 0.382 e. The summed E-state index contributed by atoms with van der Waals surface area (Å²) in [5, 5.41) is 3.38. The van der Waals surface area contributed by atoms with Crippen LogP contribution in [0.15, 0.2) is 29.2 Å². The van der Waals surface area contributed by atoms with Gasteiger partial charge in [0.25, 0.3) is 0 Å². The van der Waals surface area contributed by atoms with Crippen molar-refractivity contribution in [3.05, 3.63) is 24.3 Å². The molecule has 21 heavy (non-hydrogen) atoms. The Bertz CT molecular complexity index is 572.